The van der Waals surface area contributed by atoms with Crippen LogP contribution < -0.4 is 0 Å². The van der Waals surface area contributed by atoms with Crippen molar-refractivity contribution in [3.05, 3.63) is 96.1 Å². The Bertz CT molecular complexity index is 1010. The third-order valence-corrected chi connectivity index (χ3v) is 4.20. The van der Waals surface area contributed by atoms with Crippen LogP contribution in [0.25, 0.3) is 10.9 Å². The average Bonchev–Trinajstić information content (AvgIpc) is 3.26. The maximum atomic E-state index is 5.68. The van der Waals surface area contributed by atoms with Gasteiger partial charge in [0, 0.05) is 35.3 Å². The summed E-state index contributed by atoms with van der Waals surface area (Å²) in [6, 6.07) is 22.4. The fourth-order valence-electron chi connectivity index (χ4n) is 3.04. The second-order valence-corrected chi connectivity index (χ2v) is 5.80. The molecule has 0 saturated carbocycles. The van der Waals surface area contributed by atoms with E-state index in [-0.39, 0.29) is 5.92 Å². The first-order valence-electron chi connectivity index (χ1n) is 7.97. The lowest BCUT2D eigenvalue weighted by atomic mass is 9.96. The summed E-state index contributed by atoms with van der Waals surface area (Å²) in [5.41, 5.74) is 3.38. The molecule has 0 aliphatic rings. The Labute approximate surface area is 141 Å². The van der Waals surface area contributed by atoms with Crippen LogP contribution >= 0.6 is 0 Å². The monoisotopic (exact) mass is 311 g/mol. The Hall–Kier alpha value is -3.18. The molecule has 4 rings (SSSR count). The molecule has 0 spiro atoms. The minimum atomic E-state index is -0.0914. The van der Waals surface area contributed by atoms with E-state index in [2.05, 4.69) is 53.9 Å². The van der Waals surface area contributed by atoms with Crippen molar-refractivity contribution < 1.29 is 4.42 Å². The molecular formula is C22H17NO. The number of nitrogens with zero attached hydrogens (tertiary/aromatic N) is 1. The largest absolute Gasteiger partial charge is 0.468 e. The van der Waals surface area contributed by atoms with E-state index in [1.54, 1.807) is 6.26 Å². The molecule has 0 amide bonds. The molecule has 2 nitrogen and oxygen atoms in total. The molecule has 0 radical (unpaired) electrons. The molecular weight excluding hydrogens is 294 g/mol. The highest BCUT2D eigenvalue weighted by Gasteiger charge is 2.19. The predicted molar refractivity (Wildman–Crippen MR) is 96.8 cm³/mol. The molecule has 24 heavy (non-hydrogen) atoms. The van der Waals surface area contributed by atoms with Gasteiger partial charge in [0.15, 0.2) is 0 Å². The lowest BCUT2D eigenvalue weighted by molar-refractivity contribution is 0.510. The van der Waals surface area contributed by atoms with Gasteiger partial charge in [-0.2, -0.15) is 0 Å². The van der Waals surface area contributed by atoms with Crippen LogP contribution in [0.4, 0.5) is 0 Å². The van der Waals surface area contributed by atoms with Gasteiger partial charge in [-0.05, 0) is 30.3 Å². The van der Waals surface area contributed by atoms with E-state index in [4.69, 9.17) is 4.42 Å². The number of hydrogen-bond acceptors (Lipinski definition) is 1. The molecule has 0 fully saturated rings. The fourth-order valence-corrected chi connectivity index (χ4v) is 3.04. The van der Waals surface area contributed by atoms with Crippen LogP contribution in [-0.2, 0) is 7.05 Å². The van der Waals surface area contributed by atoms with Crippen LogP contribution in [0.5, 0.6) is 0 Å². The molecule has 0 aliphatic heterocycles. The van der Waals surface area contributed by atoms with Crippen LogP contribution in [0.2, 0.25) is 0 Å². The van der Waals surface area contributed by atoms with Gasteiger partial charge in [-0.3, -0.25) is 0 Å². The second kappa shape index (κ2) is 6.14. The normalized spacial score (nSPS) is 11.9. The molecule has 1 unspecified atom stereocenters. The number of para-hydroxylation sites is 1. The second-order valence-electron chi connectivity index (χ2n) is 5.80. The first-order valence-corrected chi connectivity index (χ1v) is 7.97. The number of fused-ring (bicyclic) bond motifs is 1. The summed E-state index contributed by atoms with van der Waals surface area (Å²) >= 11 is 0. The molecule has 2 heteroatoms. The minimum Gasteiger partial charge on any atom is -0.468 e. The molecule has 4 aromatic rings. The molecule has 1 atom stereocenters. The molecule has 2 aromatic carbocycles. The van der Waals surface area contributed by atoms with Crippen molar-refractivity contribution >= 4 is 10.9 Å². The number of aryl methyl sites for hydroxylation is 1. The van der Waals surface area contributed by atoms with E-state index >= 15 is 0 Å². The zero-order chi connectivity index (χ0) is 16.4. The molecule has 0 N–H and O–H groups in total. The smallest absolute Gasteiger partial charge is 0.123 e. The van der Waals surface area contributed by atoms with E-state index in [0.717, 1.165) is 11.3 Å². The van der Waals surface area contributed by atoms with Gasteiger partial charge >= 0.3 is 0 Å². The number of furan rings is 1. The van der Waals surface area contributed by atoms with E-state index in [9.17, 15) is 0 Å². The Morgan fingerprint density at radius 1 is 0.917 bits per heavy atom. The molecule has 0 aliphatic carbocycles. The van der Waals surface area contributed by atoms with Crippen molar-refractivity contribution in [3.8, 4) is 11.8 Å². The van der Waals surface area contributed by atoms with Gasteiger partial charge in [0.2, 0.25) is 0 Å². The van der Waals surface area contributed by atoms with Crippen LogP contribution in [0.1, 0.15) is 22.8 Å². The minimum absolute atomic E-state index is 0.0914. The number of rotatable bonds is 2. The maximum absolute atomic E-state index is 5.68. The zero-order valence-electron chi connectivity index (χ0n) is 13.4. The highest BCUT2D eigenvalue weighted by Crippen LogP contribution is 2.32. The maximum Gasteiger partial charge on any atom is 0.123 e. The van der Waals surface area contributed by atoms with Gasteiger partial charge < -0.3 is 8.98 Å². The summed E-state index contributed by atoms with van der Waals surface area (Å²) in [5.74, 6) is 7.47. The molecule has 0 bridgehead atoms. The van der Waals surface area contributed by atoms with Gasteiger partial charge in [-0.1, -0.05) is 48.2 Å². The Morgan fingerprint density at radius 3 is 2.50 bits per heavy atom. The Balaban J connectivity index is 1.86. The summed E-state index contributed by atoms with van der Waals surface area (Å²) in [6.45, 7) is 0. The van der Waals surface area contributed by atoms with Crippen molar-refractivity contribution in [1.29, 1.82) is 0 Å². The number of benzene rings is 2. The van der Waals surface area contributed by atoms with Gasteiger partial charge in [-0.15, -0.1) is 0 Å². The first-order chi connectivity index (χ1) is 11.8. The summed E-state index contributed by atoms with van der Waals surface area (Å²) in [7, 11) is 2.07. The van der Waals surface area contributed by atoms with Crippen LogP contribution in [0, 0.1) is 11.8 Å². The summed E-state index contributed by atoms with van der Waals surface area (Å²) in [6.07, 6.45) is 3.86. The quantitative estimate of drug-likeness (QED) is 0.479. The third-order valence-electron chi connectivity index (χ3n) is 4.20. The summed E-state index contributed by atoms with van der Waals surface area (Å²) in [4.78, 5) is 0. The van der Waals surface area contributed by atoms with Gasteiger partial charge in [-0.25, -0.2) is 0 Å². The van der Waals surface area contributed by atoms with E-state index < -0.39 is 0 Å². The summed E-state index contributed by atoms with van der Waals surface area (Å²) < 4.78 is 7.83. The van der Waals surface area contributed by atoms with Gasteiger partial charge in [0.25, 0.3) is 0 Å². The Morgan fingerprint density at radius 2 is 1.71 bits per heavy atom. The number of hydrogen-bond donors (Lipinski definition) is 0. The van der Waals surface area contributed by atoms with Crippen molar-refractivity contribution in [1.82, 2.24) is 4.57 Å². The average molecular weight is 311 g/mol. The number of aromatic nitrogens is 1. The van der Waals surface area contributed by atoms with Crippen molar-refractivity contribution in [3.63, 3.8) is 0 Å². The van der Waals surface area contributed by atoms with Gasteiger partial charge in [0.05, 0.1) is 6.26 Å². The predicted octanol–water partition coefficient (Wildman–Crippen LogP) is 4.95. The van der Waals surface area contributed by atoms with E-state index in [1.165, 1.54) is 16.5 Å². The van der Waals surface area contributed by atoms with Crippen LogP contribution in [-0.4, -0.2) is 4.57 Å². The SMILES string of the molecule is Cn1cc(C(C#Cc2ccccc2)c2ccco2)c2ccccc21. The standard InChI is InChI=1S/C22H17NO/c1-23-16-20(18-10-5-6-11-21(18)23)19(22-12-7-15-24-22)14-13-17-8-3-2-4-9-17/h2-12,15-16,19H,1H3. The topological polar surface area (TPSA) is 18.1 Å². The van der Waals surface area contributed by atoms with E-state index in [1.807, 2.05) is 42.5 Å². The first kappa shape index (κ1) is 14.4. The molecule has 2 aromatic heterocycles. The van der Waals surface area contributed by atoms with E-state index in [0.29, 0.717) is 0 Å². The van der Waals surface area contributed by atoms with Crippen LogP contribution in [0.3, 0.4) is 0 Å². The molecule has 2 heterocycles. The van der Waals surface area contributed by atoms with Crippen molar-refractivity contribution in [2.75, 3.05) is 0 Å². The fraction of sp³-hybridized carbons (Fsp3) is 0.0909. The third kappa shape index (κ3) is 2.61. The highest BCUT2D eigenvalue weighted by molar-refractivity contribution is 5.85. The van der Waals surface area contributed by atoms with Gasteiger partial charge in [0.1, 0.15) is 11.7 Å². The van der Waals surface area contributed by atoms with Crippen molar-refractivity contribution in [2.45, 2.75) is 5.92 Å². The highest BCUT2D eigenvalue weighted by atomic mass is 16.3. The summed E-state index contributed by atoms with van der Waals surface area (Å²) in [5, 5.41) is 1.21. The lowest BCUT2D eigenvalue weighted by Crippen LogP contribution is -1.96. The zero-order valence-corrected chi connectivity index (χ0v) is 13.4. The molecule has 0 saturated heterocycles. The molecule has 116 valence electrons. The lowest BCUT2D eigenvalue weighted by Gasteiger charge is -2.07. The Kier molecular flexibility index (Phi) is 3.69. The van der Waals surface area contributed by atoms with Crippen molar-refractivity contribution in [2.24, 2.45) is 7.05 Å². The van der Waals surface area contributed by atoms with Crippen LogP contribution in [0.15, 0.2) is 83.6 Å².